The smallest absolute Gasteiger partial charge is 0.334 e. The molecule has 154 valence electrons. The van der Waals surface area contributed by atoms with Crippen molar-refractivity contribution in [3.05, 3.63) is 53.7 Å². The third-order valence-corrected chi connectivity index (χ3v) is 4.55. The van der Waals surface area contributed by atoms with Crippen molar-refractivity contribution in [2.75, 3.05) is 5.73 Å². The van der Waals surface area contributed by atoms with E-state index in [0.717, 1.165) is 6.33 Å². The molecule has 0 aliphatic carbocycles. The van der Waals surface area contributed by atoms with Crippen LogP contribution in [0, 0.1) is 5.82 Å². The summed E-state index contributed by atoms with van der Waals surface area (Å²) in [5, 5.41) is 3.89. The molecular formula is C18H13ClF3N7O. The van der Waals surface area contributed by atoms with Gasteiger partial charge in [-0.2, -0.15) is 13.5 Å². The minimum atomic E-state index is -2.82. The first-order valence-corrected chi connectivity index (χ1v) is 8.94. The second-order valence-corrected chi connectivity index (χ2v) is 6.58. The minimum absolute atomic E-state index is 0.0313. The molecule has 8 nitrogen and oxygen atoms in total. The fourth-order valence-corrected chi connectivity index (χ4v) is 3.03. The summed E-state index contributed by atoms with van der Waals surface area (Å²) >= 11 is 5.88. The lowest BCUT2D eigenvalue weighted by Gasteiger charge is -2.15. The zero-order valence-electron chi connectivity index (χ0n) is 15.3. The van der Waals surface area contributed by atoms with Crippen LogP contribution in [0.3, 0.4) is 0 Å². The summed E-state index contributed by atoms with van der Waals surface area (Å²) in [5.74, 6) is -0.396. The number of nitrogen functional groups attached to an aromatic ring is 1. The summed E-state index contributed by atoms with van der Waals surface area (Å²) in [4.78, 5) is 16.2. The maximum Gasteiger partial charge on any atom is 0.334 e. The van der Waals surface area contributed by atoms with Gasteiger partial charge in [0.25, 0.3) is 0 Å². The van der Waals surface area contributed by atoms with Crippen molar-refractivity contribution in [1.29, 1.82) is 0 Å². The Hall–Kier alpha value is -3.47. The molecule has 3 heterocycles. The van der Waals surface area contributed by atoms with Crippen LogP contribution >= 0.6 is 11.6 Å². The quantitative estimate of drug-likeness (QED) is 0.501. The number of alkyl halides is 2. The number of benzene rings is 1. The molecule has 30 heavy (non-hydrogen) atoms. The number of pyridine rings is 1. The number of ether oxygens (including phenoxy) is 1. The van der Waals surface area contributed by atoms with E-state index in [0.29, 0.717) is 4.68 Å². The molecular weight excluding hydrogens is 423 g/mol. The fourth-order valence-electron chi connectivity index (χ4n) is 2.86. The Morgan fingerprint density at radius 2 is 1.97 bits per heavy atom. The highest BCUT2D eigenvalue weighted by Crippen LogP contribution is 2.37. The van der Waals surface area contributed by atoms with Gasteiger partial charge in [0.15, 0.2) is 23.5 Å². The van der Waals surface area contributed by atoms with Crippen molar-refractivity contribution in [1.82, 2.24) is 29.7 Å². The summed E-state index contributed by atoms with van der Waals surface area (Å²) in [6.45, 7) is -1.25. The van der Waals surface area contributed by atoms with E-state index in [1.54, 1.807) is 13.0 Å². The third kappa shape index (κ3) is 3.47. The zero-order chi connectivity index (χ0) is 21.4. The second kappa shape index (κ2) is 7.75. The van der Waals surface area contributed by atoms with Gasteiger partial charge in [-0.05, 0) is 19.1 Å². The first-order chi connectivity index (χ1) is 14.4. The predicted molar refractivity (Wildman–Crippen MR) is 102 cm³/mol. The maximum atomic E-state index is 14.6. The molecule has 0 saturated heterocycles. The number of nitrogens with zero attached hydrogens (tertiary/aromatic N) is 6. The molecule has 0 unspecified atom stereocenters. The fraction of sp³-hybridized carbons (Fsp3) is 0.167. The number of hydrogen-bond donors (Lipinski definition) is 1. The van der Waals surface area contributed by atoms with Crippen molar-refractivity contribution in [3.63, 3.8) is 0 Å². The molecule has 0 aliphatic heterocycles. The normalized spacial score (nSPS) is 12.5. The predicted octanol–water partition coefficient (Wildman–Crippen LogP) is 4.19. The first kappa shape index (κ1) is 19.8. The van der Waals surface area contributed by atoms with Gasteiger partial charge in [-0.25, -0.2) is 24.3 Å². The molecule has 4 aromatic rings. The Labute approximate surface area is 172 Å². The lowest BCUT2D eigenvalue weighted by atomic mass is 10.1. The molecule has 2 N–H and O–H groups in total. The molecule has 1 aromatic carbocycles. The van der Waals surface area contributed by atoms with E-state index < -0.39 is 18.5 Å². The van der Waals surface area contributed by atoms with Gasteiger partial charge in [0.1, 0.15) is 24.0 Å². The van der Waals surface area contributed by atoms with Crippen molar-refractivity contribution in [2.24, 2.45) is 0 Å². The van der Waals surface area contributed by atoms with Gasteiger partial charge in [0.2, 0.25) is 0 Å². The van der Waals surface area contributed by atoms with E-state index in [9.17, 15) is 13.2 Å². The first-order valence-electron chi connectivity index (χ1n) is 8.56. The average Bonchev–Trinajstić information content (AvgIpc) is 3.21. The zero-order valence-corrected chi connectivity index (χ0v) is 16.1. The Morgan fingerprint density at radius 1 is 1.17 bits per heavy atom. The molecule has 0 spiro atoms. The molecule has 12 heteroatoms. The molecule has 0 radical (unpaired) electrons. The van der Waals surface area contributed by atoms with E-state index >= 15 is 0 Å². The van der Waals surface area contributed by atoms with Gasteiger partial charge in [0, 0.05) is 5.56 Å². The molecule has 1 atom stereocenters. The Morgan fingerprint density at radius 3 is 2.70 bits per heavy atom. The van der Waals surface area contributed by atoms with Crippen LogP contribution in [0.4, 0.5) is 19.0 Å². The van der Waals surface area contributed by atoms with Crippen LogP contribution < -0.4 is 10.5 Å². The molecule has 0 amide bonds. The van der Waals surface area contributed by atoms with Gasteiger partial charge in [-0.3, -0.25) is 0 Å². The molecule has 0 bridgehead atoms. The third-order valence-electron chi connectivity index (χ3n) is 4.26. The van der Waals surface area contributed by atoms with Gasteiger partial charge >= 0.3 is 6.55 Å². The number of rotatable bonds is 5. The van der Waals surface area contributed by atoms with Crippen LogP contribution in [0.2, 0.25) is 5.02 Å². The summed E-state index contributed by atoms with van der Waals surface area (Å²) < 4.78 is 46.2. The topological polar surface area (TPSA) is 105 Å². The highest BCUT2D eigenvalue weighted by atomic mass is 35.5. The lowest BCUT2D eigenvalue weighted by molar-refractivity contribution is 0.0550. The number of fused-ring (bicyclic) bond motifs is 1. The van der Waals surface area contributed by atoms with E-state index in [-0.39, 0.29) is 44.6 Å². The average molecular weight is 436 g/mol. The molecule has 0 saturated carbocycles. The summed E-state index contributed by atoms with van der Waals surface area (Å²) in [6, 6.07) is 4.50. The van der Waals surface area contributed by atoms with Gasteiger partial charge in [0.05, 0.1) is 22.3 Å². The number of anilines is 1. The van der Waals surface area contributed by atoms with Crippen LogP contribution in [0.25, 0.3) is 22.2 Å². The van der Waals surface area contributed by atoms with Crippen LogP contribution in [-0.4, -0.2) is 29.7 Å². The number of halogens is 4. The van der Waals surface area contributed by atoms with Gasteiger partial charge in [-0.1, -0.05) is 17.7 Å². The summed E-state index contributed by atoms with van der Waals surface area (Å²) in [7, 11) is 0. The molecule has 0 fully saturated rings. The number of aromatic nitrogens is 6. The Bertz CT molecular complexity index is 1230. The molecule has 3 aromatic heterocycles. The monoisotopic (exact) mass is 435 g/mol. The van der Waals surface area contributed by atoms with Crippen LogP contribution in [-0.2, 0) is 0 Å². The SMILES string of the molecule is C[C@@H](Oc1cnc(-c2cccc(Cl)c2F)c2ncnc(N)c12)c1ncn(C(F)F)n1. The Kier molecular flexibility index (Phi) is 5.12. The van der Waals surface area contributed by atoms with Crippen LogP contribution in [0.15, 0.2) is 37.1 Å². The number of hydrogen-bond acceptors (Lipinski definition) is 7. The lowest BCUT2D eigenvalue weighted by Crippen LogP contribution is -2.09. The minimum Gasteiger partial charge on any atom is -0.480 e. The molecule has 0 aliphatic rings. The van der Waals surface area contributed by atoms with E-state index in [1.165, 1.54) is 24.7 Å². The van der Waals surface area contributed by atoms with Gasteiger partial charge < -0.3 is 10.5 Å². The van der Waals surface area contributed by atoms with E-state index in [2.05, 4.69) is 25.0 Å². The van der Waals surface area contributed by atoms with Crippen LogP contribution in [0.5, 0.6) is 5.75 Å². The van der Waals surface area contributed by atoms with E-state index in [4.69, 9.17) is 22.1 Å². The Balaban J connectivity index is 1.79. The van der Waals surface area contributed by atoms with Crippen molar-refractivity contribution < 1.29 is 17.9 Å². The summed E-state index contributed by atoms with van der Waals surface area (Å²) in [5.41, 5.74) is 6.57. The standard InChI is InChI=1S/C18H13ClF3N7O/c1-8(17-27-7-29(28-17)18(21)22)30-11-5-24-14(9-3-2-4-10(19)13(9)20)15-12(11)16(23)26-6-25-15/h2-8,18H,1H3,(H2,23,25,26)/t8-/m1/s1. The maximum absolute atomic E-state index is 14.6. The van der Waals surface area contributed by atoms with E-state index in [1.807, 2.05) is 0 Å². The summed E-state index contributed by atoms with van der Waals surface area (Å²) in [6.07, 6.45) is 2.62. The highest BCUT2D eigenvalue weighted by Gasteiger charge is 2.21. The van der Waals surface area contributed by atoms with Crippen molar-refractivity contribution in [3.8, 4) is 17.0 Å². The number of nitrogens with two attached hydrogens (primary N) is 1. The second-order valence-electron chi connectivity index (χ2n) is 6.18. The highest BCUT2D eigenvalue weighted by molar-refractivity contribution is 6.31. The van der Waals surface area contributed by atoms with Crippen molar-refractivity contribution >= 4 is 28.3 Å². The van der Waals surface area contributed by atoms with Gasteiger partial charge in [-0.15, -0.1) is 5.10 Å². The molecule has 4 rings (SSSR count). The van der Waals surface area contributed by atoms with Crippen molar-refractivity contribution in [2.45, 2.75) is 19.6 Å². The largest absolute Gasteiger partial charge is 0.480 e. The van der Waals surface area contributed by atoms with Crippen LogP contribution in [0.1, 0.15) is 25.4 Å².